The zero-order valence-corrected chi connectivity index (χ0v) is 15.7. The average Bonchev–Trinajstić information content (AvgIpc) is 3.02. The molecule has 1 fully saturated rings. The molecule has 0 saturated carbocycles. The van der Waals surface area contributed by atoms with E-state index in [0.29, 0.717) is 24.7 Å². The van der Waals surface area contributed by atoms with Crippen molar-refractivity contribution < 1.29 is 14.3 Å². The number of piperidine rings is 1. The van der Waals surface area contributed by atoms with Crippen LogP contribution in [0.1, 0.15) is 38.7 Å². The number of hydrogen-bond acceptors (Lipinski definition) is 3. The van der Waals surface area contributed by atoms with E-state index in [1.165, 1.54) is 10.9 Å². The number of fused-ring (bicyclic) bond motifs is 1. The van der Waals surface area contributed by atoms with E-state index in [4.69, 9.17) is 4.74 Å². The monoisotopic (exact) mass is 356 g/mol. The highest BCUT2D eigenvalue weighted by atomic mass is 16.5. The lowest BCUT2D eigenvalue weighted by atomic mass is 9.92. The van der Waals surface area contributed by atoms with Crippen LogP contribution in [0, 0.1) is 11.8 Å². The third-order valence-corrected chi connectivity index (χ3v) is 5.08. The highest BCUT2D eigenvalue weighted by Gasteiger charge is 2.25. The van der Waals surface area contributed by atoms with Gasteiger partial charge in [0.05, 0.1) is 0 Å². The fourth-order valence-electron chi connectivity index (χ4n) is 3.93. The molecular weight excluding hydrogens is 328 g/mol. The molecule has 5 heteroatoms. The minimum absolute atomic E-state index is 0.0756. The number of aryl methyl sites for hydroxylation is 1. The Morgan fingerprint density at radius 2 is 1.92 bits per heavy atom. The van der Waals surface area contributed by atoms with Crippen molar-refractivity contribution in [2.24, 2.45) is 11.8 Å². The number of esters is 1. The quantitative estimate of drug-likeness (QED) is 0.805. The fourth-order valence-corrected chi connectivity index (χ4v) is 3.93. The SMILES string of the molecule is C[C@H]1C[C@H](C)CN(C(=O)COC(=O)CCCc2c[nH]c3ccccc23)C1. The molecule has 3 rings (SSSR count). The Hall–Kier alpha value is -2.30. The molecule has 1 aromatic heterocycles. The van der Waals surface area contributed by atoms with Crippen LogP contribution >= 0.6 is 0 Å². The van der Waals surface area contributed by atoms with Gasteiger partial charge in [0.25, 0.3) is 5.91 Å². The molecule has 0 bridgehead atoms. The Morgan fingerprint density at radius 1 is 1.19 bits per heavy atom. The first-order valence-corrected chi connectivity index (χ1v) is 9.51. The first-order chi connectivity index (χ1) is 12.5. The number of hydrogen-bond donors (Lipinski definition) is 1. The normalized spacial score (nSPS) is 20.3. The van der Waals surface area contributed by atoms with Gasteiger partial charge in [0, 0.05) is 36.6 Å². The standard InChI is InChI=1S/C21H28N2O3/c1-15-10-16(2)13-23(12-15)20(24)14-26-21(25)9-5-6-17-11-22-19-8-4-3-7-18(17)19/h3-4,7-8,11,15-16,22H,5-6,9-10,12-14H2,1-2H3/t15-,16-/m0/s1. The third-order valence-electron chi connectivity index (χ3n) is 5.08. The van der Waals surface area contributed by atoms with Crippen molar-refractivity contribution >= 4 is 22.8 Å². The molecule has 1 aliphatic rings. The number of H-pyrrole nitrogens is 1. The number of carbonyl (C=O) groups excluding carboxylic acids is 2. The van der Waals surface area contributed by atoms with Crippen molar-refractivity contribution in [1.29, 1.82) is 0 Å². The summed E-state index contributed by atoms with van der Waals surface area (Å²) in [5.41, 5.74) is 2.32. The predicted molar refractivity (Wildman–Crippen MR) is 102 cm³/mol. The molecule has 1 amide bonds. The molecule has 140 valence electrons. The lowest BCUT2D eigenvalue weighted by molar-refractivity contribution is -0.153. The van der Waals surface area contributed by atoms with E-state index in [-0.39, 0.29) is 18.5 Å². The van der Waals surface area contributed by atoms with Crippen molar-refractivity contribution in [3.05, 3.63) is 36.0 Å². The van der Waals surface area contributed by atoms with Gasteiger partial charge in [-0.25, -0.2) is 0 Å². The number of nitrogens with one attached hydrogen (secondary N) is 1. The minimum atomic E-state index is -0.295. The van der Waals surface area contributed by atoms with Gasteiger partial charge in [-0.15, -0.1) is 0 Å². The van der Waals surface area contributed by atoms with E-state index in [1.807, 2.05) is 29.3 Å². The van der Waals surface area contributed by atoms with Crippen LogP contribution in [0.3, 0.4) is 0 Å². The van der Waals surface area contributed by atoms with Gasteiger partial charge in [0.15, 0.2) is 6.61 Å². The van der Waals surface area contributed by atoms with Crippen LogP contribution in [0.2, 0.25) is 0 Å². The Labute approximate surface area is 154 Å². The van der Waals surface area contributed by atoms with Gasteiger partial charge in [0.2, 0.25) is 0 Å². The number of para-hydroxylation sites is 1. The van der Waals surface area contributed by atoms with E-state index in [9.17, 15) is 9.59 Å². The van der Waals surface area contributed by atoms with E-state index in [0.717, 1.165) is 31.4 Å². The van der Waals surface area contributed by atoms with Crippen molar-refractivity contribution in [3.8, 4) is 0 Å². The molecule has 1 aliphatic heterocycles. The summed E-state index contributed by atoms with van der Waals surface area (Å²) in [5, 5.41) is 1.20. The molecular formula is C21H28N2O3. The average molecular weight is 356 g/mol. The maximum Gasteiger partial charge on any atom is 0.306 e. The molecule has 0 spiro atoms. The van der Waals surface area contributed by atoms with Gasteiger partial charge >= 0.3 is 5.97 Å². The molecule has 1 saturated heterocycles. The van der Waals surface area contributed by atoms with Crippen LogP contribution in [0.4, 0.5) is 0 Å². The second-order valence-electron chi connectivity index (χ2n) is 7.62. The highest BCUT2D eigenvalue weighted by Crippen LogP contribution is 2.21. The lowest BCUT2D eigenvalue weighted by Gasteiger charge is -2.34. The number of aromatic nitrogens is 1. The van der Waals surface area contributed by atoms with Crippen LogP contribution in [0.15, 0.2) is 30.5 Å². The van der Waals surface area contributed by atoms with Crippen molar-refractivity contribution in [2.75, 3.05) is 19.7 Å². The molecule has 26 heavy (non-hydrogen) atoms. The Balaban J connectivity index is 1.39. The number of benzene rings is 1. The van der Waals surface area contributed by atoms with E-state index >= 15 is 0 Å². The van der Waals surface area contributed by atoms with Gasteiger partial charge in [-0.3, -0.25) is 9.59 Å². The summed E-state index contributed by atoms with van der Waals surface area (Å²) in [4.78, 5) is 29.3. The molecule has 2 atom stereocenters. The number of rotatable bonds is 6. The molecule has 2 heterocycles. The summed E-state index contributed by atoms with van der Waals surface area (Å²) in [6.45, 7) is 5.72. The molecule has 1 aromatic carbocycles. The summed E-state index contributed by atoms with van der Waals surface area (Å²) < 4.78 is 5.20. The highest BCUT2D eigenvalue weighted by molar-refractivity contribution is 5.83. The van der Waals surface area contributed by atoms with Gasteiger partial charge in [-0.2, -0.15) is 0 Å². The molecule has 2 aromatic rings. The molecule has 5 nitrogen and oxygen atoms in total. The van der Waals surface area contributed by atoms with Crippen LogP contribution < -0.4 is 0 Å². The molecule has 0 aliphatic carbocycles. The summed E-state index contributed by atoms with van der Waals surface area (Å²) in [5.74, 6) is 0.647. The Kier molecular flexibility index (Phi) is 5.96. The number of aromatic amines is 1. The number of nitrogens with zero attached hydrogens (tertiary/aromatic N) is 1. The van der Waals surface area contributed by atoms with Gasteiger partial charge in [0.1, 0.15) is 0 Å². The second kappa shape index (κ2) is 8.39. The van der Waals surface area contributed by atoms with E-state index in [2.05, 4.69) is 24.9 Å². The van der Waals surface area contributed by atoms with Crippen LogP contribution in [0.25, 0.3) is 10.9 Å². The maximum atomic E-state index is 12.2. The first kappa shape index (κ1) is 18.5. The topological polar surface area (TPSA) is 62.4 Å². The van der Waals surface area contributed by atoms with Gasteiger partial charge in [-0.05, 0) is 42.7 Å². The van der Waals surface area contributed by atoms with Crippen molar-refractivity contribution in [2.45, 2.75) is 39.5 Å². The second-order valence-corrected chi connectivity index (χ2v) is 7.62. The zero-order valence-electron chi connectivity index (χ0n) is 15.7. The van der Waals surface area contributed by atoms with Crippen LogP contribution in [0.5, 0.6) is 0 Å². The van der Waals surface area contributed by atoms with Crippen LogP contribution in [-0.2, 0) is 20.7 Å². The first-order valence-electron chi connectivity index (χ1n) is 9.51. The van der Waals surface area contributed by atoms with E-state index in [1.54, 1.807) is 0 Å². The van der Waals surface area contributed by atoms with Gasteiger partial charge in [-0.1, -0.05) is 32.0 Å². The molecule has 0 unspecified atom stereocenters. The predicted octanol–water partition coefficient (Wildman–Crippen LogP) is 3.54. The largest absolute Gasteiger partial charge is 0.456 e. The zero-order chi connectivity index (χ0) is 18.5. The number of carbonyl (C=O) groups is 2. The summed E-state index contributed by atoms with van der Waals surface area (Å²) in [6.07, 6.45) is 5.01. The number of amides is 1. The molecule has 0 radical (unpaired) electrons. The fraction of sp³-hybridized carbons (Fsp3) is 0.524. The summed E-state index contributed by atoms with van der Waals surface area (Å²) in [7, 11) is 0. The summed E-state index contributed by atoms with van der Waals surface area (Å²) >= 11 is 0. The van der Waals surface area contributed by atoms with Crippen LogP contribution in [-0.4, -0.2) is 41.5 Å². The minimum Gasteiger partial charge on any atom is -0.456 e. The lowest BCUT2D eigenvalue weighted by Crippen LogP contribution is -2.44. The third kappa shape index (κ3) is 4.65. The van der Waals surface area contributed by atoms with Crippen molar-refractivity contribution in [3.63, 3.8) is 0 Å². The van der Waals surface area contributed by atoms with Gasteiger partial charge < -0.3 is 14.6 Å². The van der Waals surface area contributed by atoms with Crippen molar-refractivity contribution in [1.82, 2.24) is 9.88 Å². The smallest absolute Gasteiger partial charge is 0.306 e. The Morgan fingerprint density at radius 3 is 2.69 bits per heavy atom. The van der Waals surface area contributed by atoms with E-state index < -0.39 is 0 Å². The number of likely N-dealkylation sites (tertiary alicyclic amines) is 1. The molecule has 1 N–H and O–H groups in total. The summed E-state index contributed by atoms with van der Waals surface area (Å²) in [6, 6.07) is 8.14. The maximum absolute atomic E-state index is 12.2. The Bertz CT molecular complexity index is 757. The number of ether oxygens (including phenoxy) is 1.